The Bertz CT molecular complexity index is 296. The number of rotatable bonds is 2. The molecule has 0 aromatic rings. The highest BCUT2D eigenvalue weighted by Gasteiger charge is 2.43. The molecule has 3 fully saturated rings. The van der Waals surface area contributed by atoms with Crippen LogP contribution in [0.1, 0.15) is 51.9 Å². The molecule has 0 aromatic heterocycles. The summed E-state index contributed by atoms with van der Waals surface area (Å²) in [5.41, 5.74) is 6.75. The van der Waals surface area contributed by atoms with Gasteiger partial charge < -0.3 is 15.2 Å². The van der Waals surface area contributed by atoms with Crippen molar-refractivity contribution >= 4 is 0 Å². The predicted molar refractivity (Wildman–Crippen MR) is 75.9 cm³/mol. The summed E-state index contributed by atoms with van der Waals surface area (Å²) in [5.74, 6) is 2.24. The Labute approximate surface area is 117 Å². The fourth-order valence-corrected chi connectivity index (χ4v) is 4.58. The van der Waals surface area contributed by atoms with E-state index < -0.39 is 0 Å². The van der Waals surface area contributed by atoms with Crippen LogP contribution < -0.4 is 5.73 Å². The molecule has 3 heteroatoms. The van der Waals surface area contributed by atoms with E-state index in [4.69, 9.17) is 15.2 Å². The molecule has 110 valence electrons. The van der Waals surface area contributed by atoms with Crippen molar-refractivity contribution in [1.82, 2.24) is 0 Å². The molecule has 1 saturated carbocycles. The summed E-state index contributed by atoms with van der Waals surface area (Å²) in [5, 5.41) is 0. The van der Waals surface area contributed by atoms with Crippen LogP contribution in [-0.2, 0) is 9.47 Å². The minimum absolute atomic E-state index is 0.0978. The topological polar surface area (TPSA) is 44.5 Å². The van der Waals surface area contributed by atoms with Crippen LogP contribution >= 0.6 is 0 Å². The van der Waals surface area contributed by atoms with Gasteiger partial charge >= 0.3 is 0 Å². The summed E-state index contributed by atoms with van der Waals surface area (Å²) in [6.45, 7) is 5.02. The monoisotopic (exact) mass is 267 g/mol. The molecule has 4 unspecified atom stereocenters. The van der Waals surface area contributed by atoms with Crippen molar-refractivity contribution in [3.63, 3.8) is 0 Å². The van der Waals surface area contributed by atoms with E-state index in [1.165, 1.54) is 25.7 Å². The van der Waals surface area contributed by atoms with Gasteiger partial charge in [0.15, 0.2) is 0 Å². The van der Waals surface area contributed by atoms with Crippen molar-refractivity contribution in [2.75, 3.05) is 19.8 Å². The molecule has 2 N–H and O–H groups in total. The van der Waals surface area contributed by atoms with Crippen LogP contribution in [-0.4, -0.2) is 31.5 Å². The molecule has 2 saturated heterocycles. The first-order valence-electron chi connectivity index (χ1n) is 8.17. The number of nitrogens with two attached hydrogens (primary N) is 1. The van der Waals surface area contributed by atoms with Gasteiger partial charge in [-0.3, -0.25) is 0 Å². The Morgan fingerprint density at radius 1 is 1.11 bits per heavy atom. The largest absolute Gasteiger partial charge is 0.381 e. The molecule has 3 nitrogen and oxygen atoms in total. The quantitative estimate of drug-likeness (QED) is 0.836. The summed E-state index contributed by atoms with van der Waals surface area (Å²) in [6.07, 6.45) is 8.55. The van der Waals surface area contributed by atoms with Gasteiger partial charge in [0, 0.05) is 25.9 Å². The normalized spacial score (nSPS) is 40.4. The van der Waals surface area contributed by atoms with E-state index in [1.807, 2.05) is 0 Å². The van der Waals surface area contributed by atoms with Crippen LogP contribution in [0, 0.1) is 17.8 Å². The van der Waals surface area contributed by atoms with E-state index in [-0.39, 0.29) is 5.60 Å². The maximum atomic E-state index is 6.65. The molecular weight excluding hydrogens is 238 g/mol. The van der Waals surface area contributed by atoms with E-state index in [0.29, 0.717) is 12.0 Å². The molecule has 0 radical (unpaired) electrons. The number of hydrogen-bond donors (Lipinski definition) is 1. The van der Waals surface area contributed by atoms with Crippen LogP contribution in [0.5, 0.6) is 0 Å². The Balaban J connectivity index is 1.64. The first-order chi connectivity index (χ1) is 9.20. The fraction of sp³-hybridized carbons (Fsp3) is 1.00. The Kier molecular flexibility index (Phi) is 4.16. The highest BCUT2D eigenvalue weighted by atomic mass is 16.5. The van der Waals surface area contributed by atoms with Crippen molar-refractivity contribution in [1.29, 1.82) is 0 Å². The maximum Gasteiger partial charge on any atom is 0.0729 e. The van der Waals surface area contributed by atoms with Gasteiger partial charge in [0.2, 0.25) is 0 Å². The zero-order valence-electron chi connectivity index (χ0n) is 12.3. The van der Waals surface area contributed by atoms with Crippen LogP contribution in [0.15, 0.2) is 0 Å². The van der Waals surface area contributed by atoms with Crippen LogP contribution in [0.2, 0.25) is 0 Å². The third kappa shape index (κ3) is 2.84. The average molecular weight is 267 g/mol. The highest BCUT2D eigenvalue weighted by Crippen LogP contribution is 2.42. The molecule has 0 amide bonds. The van der Waals surface area contributed by atoms with Crippen molar-refractivity contribution in [2.24, 2.45) is 23.5 Å². The smallest absolute Gasteiger partial charge is 0.0729 e. The van der Waals surface area contributed by atoms with Crippen LogP contribution in [0.4, 0.5) is 0 Å². The highest BCUT2D eigenvalue weighted by molar-refractivity contribution is 4.95. The summed E-state index contributed by atoms with van der Waals surface area (Å²) in [7, 11) is 0. The van der Waals surface area contributed by atoms with E-state index in [2.05, 4.69) is 6.92 Å². The minimum Gasteiger partial charge on any atom is -0.381 e. The zero-order valence-corrected chi connectivity index (χ0v) is 12.3. The molecule has 3 aliphatic rings. The lowest BCUT2D eigenvalue weighted by Crippen LogP contribution is -2.50. The molecule has 19 heavy (non-hydrogen) atoms. The first kappa shape index (κ1) is 13.8. The van der Waals surface area contributed by atoms with Crippen LogP contribution in [0.3, 0.4) is 0 Å². The van der Waals surface area contributed by atoms with Gasteiger partial charge in [-0.25, -0.2) is 0 Å². The molecule has 1 spiro atoms. The maximum absolute atomic E-state index is 6.65. The minimum atomic E-state index is 0.0978. The van der Waals surface area contributed by atoms with Crippen LogP contribution in [0.25, 0.3) is 0 Å². The molecule has 0 aromatic carbocycles. The fourth-order valence-electron chi connectivity index (χ4n) is 4.58. The Morgan fingerprint density at radius 2 is 1.89 bits per heavy atom. The van der Waals surface area contributed by atoms with E-state index in [0.717, 1.165) is 50.9 Å². The second kappa shape index (κ2) is 5.71. The second-order valence-corrected chi connectivity index (χ2v) is 7.05. The first-order valence-corrected chi connectivity index (χ1v) is 8.17. The van der Waals surface area contributed by atoms with Gasteiger partial charge in [0.05, 0.1) is 5.60 Å². The summed E-state index contributed by atoms with van der Waals surface area (Å²) in [4.78, 5) is 0. The zero-order chi connectivity index (χ0) is 13.3. The van der Waals surface area contributed by atoms with Crippen molar-refractivity contribution < 1.29 is 9.47 Å². The Hall–Kier alpha value is -0.120. The third-order valence-corrected chi connectivity index (χ3v) is 5.90. The molecule has 2 heterocycles. The third-order valence-electron chi connectivity index (χ3n) is 5.90. The molecule has 3 rings (SSSR count). The number of ether oxygens (including phenoxy) is 2. The van der Waals surface area contributed by atoms with Gasteiger partial charge in [-0.05, 0) is 49.9 Å². The number of hydrogen-bond acceptors (Lipinski definition) is 3. The Morgan fingerprint density at radius 3 is 2.58 bits per heavy atom. The molecule has 1 aliphatic carbocycles. The molecule has 2 aliphatic heterocycles. The van der Waals surface area contributed by atoms with E-state index in [1.54, 1.807) is 0 Å². The lowest BCUT2D eigenvalue weighted by molar-refractivity contribution is -0.150. The van der Waals surface area contributed by atoms with E-state index in [9.17, 15) is 0 Å². The lowest BCUT2D eigenvalue weighted by Gasteiger charge is -2.46. The standard InChI is InChI=1S/C16H29NO2/c1-12-3-2-4-14(12)15(17)13-5-8-19-16(11-13)6-9-18-10-7-16/h12-15H,2-11,17H2,1H3. The van der Waals surface area contributed by atoms with Crippen molar-refractivity contribution in [3.05, 3.63) is 0 Å². The molecular formula is C16H29NO2. The van der Waals surface area contributed by atoms with Gasteiger partial charge in [0.25, 0.3) is 0 Å². The SMILES string of the molecule is CC1CCCC1C(N)C1CCOC2(CCOCC2)C1. The molecule has 0 bridgehead atoms. The average Bonchev–Trinajstić information content (AvgIpc) is 2.85. The summed E-state index contributed by atoms with van der Waals surface area (Å²) in [6, 6.07) is 0.390. The van der Waals surface area contributed by atoms with Gasteiger partial charge in [-0.1, -0.05) is 19.8 Å². The van der Waals surface area contributed by atoms with Crippen molar-refractivity contribution in [2.45, 2.75) is 63.5 Å². The predicted octanol–water partition coefficient (Wildman–Crippen LogP) is 2.73. The summed E-state index contributed by atoms with van der Waals surface area (Å²) < 4.78 is 11.6. The van der Waals surface area contributed by atoms with Crippen molar-refractivity contribution in [3.8, 4) is 0 Å². The summed E-state index contributed by atoms with van der Waals surface area (Å²) >= 11 is 0. The van der Waals surface area contributed by atoms with Gasteiger partial charge in [0.1, 0.15) is 0 Å². The lowest BCUT2D eigenvalue weighted by atomic mass is 9.73. The van der Waals surface area contributed by atoms with Gasteiger partial charge in [-0.15, -0.1) is 0 Å². The van der Waals surface area contributed by atoms with E-state index >= 15 is 0 Å². The molecule has 4 atom stereocenters. The van der Waals surface area contributed by atoms with Gasteiger partial charge in [-0.2, -0.15) is 0 Å². The second-order valence-electron chi connectivity index (χ2n) is 7.05.